The molecule has 0 spiro atoms. The average Bonchev–Trinajstić information content (AvgIpc) is 2.19. The molecular formula is C10H17O4P. The van der Waals surface area contributed by atoms with E-state index in [-0.39, 0.29) is 0 Å². The molecule has 0 radical (unpaired) electrons. The first kappa shape index (κ1) is 12.5. The van der Waals surface area contributed by atoms with Crippen molar-refractivity contribution in [2.75, 3.05) is 13.2 Å². The number of hydrogen-bond acceptors (Lipinski definition) is 4. The lowest BCUT2D eigenvalue weighted by molar-refractivity contribution is 0.148. The average molecular weight is 232 g/mol. The molecule has 0 saturated carbocycles. The first-order chi connectivity index (χ1) is 7.20. The normalized spacial score (nSPS) is 16.3. The fourth-order valence-electron chi connectivity index (χ4n) is 1.19. The second kappa shape index (κ2) is 6.11. The Bertz CT molecular complexity index is 286. The van der Waals surface area contributed by atoms with Crippen molar-refractivity contribution < 1.29 is 18.1 Å². The number of hydrogen-bond donors (Lipinski definition) is 0. The molecule has 0 N–H and O–H groups in total. The van der Waals surface area contributed by atoms with E-state index in [1.54, 1.807) is 19.9 Å². The Morgan fingerprint density at radius 2 is 1.93 bits per heavy atom. The molecule has 0 saturated heterocycles. The van der Waals surface area contributed by atoms with Crippen molar-refractivity contribution in [2.45, 2.75) is 26.7 Å². The largest absolute Gasteiger partial charge is 0.530 e. The summed E-state index contributed by atoms with van der Waals surface area (Å²) < 4.78 is 27.2. The highest BCUT2D eigenvalue weighted by Gasteiger charge is 2.27. The summed E-state index contributed by atoms with van der Waals surface area (Å²) in [6.45, 7) is 4.10. The maximum Gasteiger partial charge on any atom is 0.530 e. The number of rotatable bonds is 6. The molecule has 4 nitrogen and oxygen atoms in total. The van der Waals surface area contributed by atoms with Crippen molar-refractivity contribution in [1.29, 1.82) is 0 Å². The van der Waals surface area contributed by atoms with Gasteiger partial charge in [0.2, 0.25) is 0 Å². The minimum Gasteiger partial charge on any atom is -0.404 e. The maximum absolute atomic E-state index is 11.9. The SMILES string of the molecule is CCOP(=O)(OCC)OC1=CCCC=C1. The lowest BCUT2D eigenvalue weighted by atomic mass is 10.2. The molecule has 1 aliphatic carbocycles. The lowest BCUT2D eigenvalue weighted by Crippen LogP contribution is -2.00. The zero-order chi connectivity index (χ0) is 11.1. The van der Waals surface area contributed by atoms with E-state index in [0.29, 0.717) is 19.0 Å². The highest BCUT2D eigenvalue weighted by molar-refractivity contribution is 7.48. The highest BCUT2D eigenvalue weighted by atomic mass is 31.2. The summed E-state index contributed by atoms with van der Waals surface area (Å²) in [5.41, 5.74) is 0. The Labute approximate surface area is 90.5 Å². The third kappa shape index (κ3) is 4.20. The van der Waals surface area contributed by atoms with Gasteiger partial charge in [-0.25, -0.2) is 4.57 Å². The van der Waals surface area contributed by atoms with Gasteiger partial charge in [0.1, 0.15) is 5.76 Å². The van der Waals surface area contributed by atoms with E-state index in [4.69, 9.17) is 13.6 Å². The van der Waals surface area contributed by atoms with Crippen molar-refractivity contribution in [3.8, 4) is 0 Å². The first-order valence-corrected chi connectivity index (χ1v) is 6.61. The summed E-state index contributed by atoms with van der Waals surface area (Å²) in [5, 5.41) is 0. The maximum atomic E-state index is 11.9. The Morgan fingerprint density at radius 1 is 1.27 bits per heavy atom. The lowest BCUT2D eigenvalue weighted by Gasteiger charge is -2.18. The zero-order valence-electron chi connectivity index (χ0n) is 9.14. The topological polar surface area (TPSA) is 44.8 Å². The summed E-state index contributed by atoms with van der Waals surface area (Å²) in [6.07, 6.45) is 7.51. The standard InChI is InChI=1S/C10H17O4P/c1-3-12-15(11,13-4-2)14-10-8-6-5-7-9-10/h6,8-9H,3-5,7H2,1-2H3. The van der Waals surface area contributed by atoms with Crippen molar-refractivity contribution in [2.24, 2.45) is 0 Å². The van der Waals surface area contributed by atoms with Gasteiger partial charge in [0.15, 0.2) is 0 Å². The second-order valence-corrected chi connectivity index (χ2v) is 4.55. The molecule has 1 aliphatic rings. The molecule has 0 heterocycles. The van der Waals surface area contributed by atoms with Crippen molar-refractivity contribution in [1.82, 2.24) is 0 Å². The summed E-state index contributed by atoms with van der Waals surface area (Å²) >= 11 is 0. The van der Waals surface area contributed by atoms with Crippen LogP contribution in [0.15, 0.2) is 24.0 Å². The molecule has 0 bridgehead atoms. The van der Waals surface area contributed by atoms with Gasteiger partial charge < -0.3 is 4.52 Å². The van der Waals surface area contributed by atoms with Gasteiger partial charge >= 0.3 is 7.82 Å². The quantitative estimate of drug-likeness (QED) is 0.658. The van der Waals surface area contributed by atoms with E-state index in [2.05, 4.69) is 0 Å². The molecule has 0 aromatic rings. The predicted octanol–water partition coefficient (Wildman–Crippen LogP) is 3.42. The molecule has 5 heteroatoms. The van der Waals surface area contributed by atoms with Gasteiger partial charge in [-0.3, -0.25) is 9.05 Å². The molecular weight excluding hydrogens is 215 g/mol. The van der Waals surface area contributed by atoms with Gasteiger partial charge in [0.05, 0.1) is 13.2 Å². The first-order valence-electron chi connectivity index (χ1n) is 5.15. The van der Waals surface area contributed by atoms with Crippen molar-refractivity contribution >= 4 is 7.82 Å². The van der Waals surface area contributed by atoms with Crippen LogP contribution < -0.4 is 0 Å². The Morgan fingerprint density at radius 3 is 2.40 bits per heavy atom. The van der Waals surface area contributed by atoms with Crippen LogP contribution in [-0.2, 0) is 18.1 Å². The third-order valence-electron chi connectivity index (χ3n) is 1.75. The molecule has 0 amide bonds. The van der Waals surface area contributed by atoms with E-state index in [1.807, 2.05) is 12.2 Å². The molecule has 0 aliphatic heterocycles. The van der Waals surface area contributed by atoms with E-state index in [0.717, 1.165) is 12.8 Å². The fourth-order valence-corrected chi connectivity index (χ4v) is 2.40. The van der Waals surface area contributed by atoms with Crippen LogP contribution in [0.1, 0.15) is 26.7 Å². The van der Waals surface area contributed by atoms with Crippen LogP contribution in [-0.4, -0.2) is 13.2 Å². The van der Waals surface area contributed by atoms with Crippen LogP contribution in [0.4, 0.5) is 0 Å². The van der Waals surface area contributed by atoms with Gasteiger partial charge in [0, 0.05) is 0 Å². The molecule has 0 unspecified atom stereocenters. The molecule has 0 atom stereocenters. The van der Waals surface area contributed by atoms with Gasteiger partial charge in [-0.1, -0.05) is 6.08 Å². The van der Waals surface area contributed by atoms with Crippen molar-refractivity contribution in [3.63, 3.8) is 0 Å². The minimum atomic E-state index is -3.41. The van der Waals surface area contributed by atoms with Crippen LogP contribution in [0.3, 0.4) is 0 Å². The summed E-state index contributed by atoms with van der Waals surface area (Å²) in [7, 11) is -3.41. The number of phosphoric acid groups is 1. The summed E-state index contributed by atoms with van der Waals surface area (Å²) in [5.74, 6) is 0.562. The number of phosphoric ester groups is 1. The fraction of sp³-hybridized carbons (Fsp3) is 0.600. The van der Waals surface area contributed by atoms with Crippen LogP contribution >= 0.6 is 7.82 Å². The van der Waals surface area contributed by atoms with Crippen LogP contribution in [0.5, 0.6) is 0 Å². The number of allylic oxidation sites excluding steroid dienone is 3. The van der Waals surface area contributed by atoms with E-state index < -0.39 is 7.82 Å². The third-order valence-corrected chi connectivity index (χ3v) is 3.34. The van der Waals surface area contributed by atoms with E-state index in [1.165, 1.54) is 0 Å². The summed E-state index contributed by atoms with van der Waals surface area (Å²) in [4.78, 5) is 0. The Hall–Kier alpha value is -0.570. The second-order valence-electron chi connectivity index (χ2n) is 2.96. The van der Waals surface area contributed by atoms with E-state index >= 15 is 0 Å². The van der Waals surface area contributed by atoms with Crippen LogP contribution in [0.2, 0.25) is 0 Å². The minimum absolute atomic E-state index is 0.300. The smallest absolute Gasteiger partial charge is 0.404 e. The molecule has 0 aromatic heterocycles. The molecule has 86 valence electrons. The van der Waals surface area contributed by atoms with E-state index in [9.17, 15) is 4.57 Å². The van der Waals surface area contributed by atoms with Gasteiger partial charge in [-0.05, 0) is 38.8 Å². The molecule has 0 aromatic carbocycles. The van der Waals surface area contributed by atoms with Crippen molar-refractivity contribution in [3.05, 3.63) is 24.0 Å². The zero-order valence-corrected chi connectivity index (χ0v) is 10.0. The van der Waals surface area contributed by atoms with Crippen LogP contribution in [0.25, 0.3) is 0 Å². The monoisotopic (exact) mass is 232 g/mol. The molecule has 15 heavy (non-hydrogen) atoms. The Kier molecular flexibility index (Phi) is 5.09. The highest BCUT2D eigenvalue weighted by Crippen LogP contribution is 2.51. The van der Waals surface area contributed by atoms with Gasteiger partial charge in [-0.15, -0.1) is 0 Å². The summed E-state index contributed by atoms with van der Waals surface area (Å²) in [6, 6.07) is 0. The van der Waals surface area contributed by atoms with Crippen LogP contribution in [0, 0.1) is 0 Å². The van der Waals surface area contributed by atoms with Gasteiger partial charge in [-0.2, -0.15) is 0 Å². The predicted molar refractivity (Wildman–Crippen MR) is 58.4 cm³/mol. The van der Waals surface area contributed by atoms with Gasteiger partial charge in [0.25, 0.3) is 0 Å². The Balaban J connectivity index is 2.61. The molecule has 0 fully saturated rings. The molecule has 1 rings (SSSR count).